The third-order valence-electron chi connectivity index (χ3n) is 3.18. The third-order valence-corrected chi connectivity index (χ3v) is 4.68. The Balaban J connectivity index is 0.000000335. The minimum absolute atomic E-state index is 0.00246. The van der Waals surface area contributed by atoms with Crippen molar-refractivity contribution >= 4 is 9.84 Å². The number of hydrogen-bond acceptors (Lipinski definition) is 5. The van der Waals surface area contributed by atoms with E-state index in [1.54, 1.807) is 30.3 Å². The van der Waals surface area contributed by atoms with E-state index in [2.05, 4.69) is 26.1 Å². The second-order valence-corrected chi connectivity index (χ2v) is 8.04. The maximum Gasteiger partial charge on any atom is 0.191 e. The number of morpholine rings is 1. The van der Waals surface area contributed by atoms with Crippen molar-refractivity contribution in [3.63, 3.8) is 0 Å². The van der Waals surface area contributed by atoms with Gasteiger partial charge in [0.2, 0.25) is 0 Å². The molecule has 2 rings (SSSR count). The van der Waals surface area contributed by atoms with Crippen LogP contribution in [0.1, 0.15) is 26.3 Å². The van der Waals surface area contributed by atoms with E-state index in [0.29, 0.717) is 0 Å². The second kappa shape index (κ2) is 8.28. The summed E-state index contributed by atoms with van der Waals surface area (Å²) in [7, 11) is -3.43. The Morgan fingerprint density at radius 3 is 2.05 bits per heavy atom. The quantitative estimate of drug-likeness (QED) is 0.898. The van der Waals surface area contributed by atoms with Gasteiger partial charge in [0.05, 0.1) is 24.2 Å². The van der Waals surface area contributed by atoms with E-state index < -0.39 is 15.6 Å². The molecule has 1 saturated heterocycles. The molecule has 1 N–H and O–H groups in total. The zero-order valence-corrected chi connectivity index (χ0v) is 14.2. The van der Waals surface area contributed by atoms with E-state index in [4.69, 9.17) is 10.00 Å². The third kappa shape index (κ3) is 6.14. The van der Waals surface area contributed by atoms with Gasteiger partial charge in [-0.2, -0.15) is 5.26 Å². The van der Waals surface area contributed by atoms with E-state index in [1.165, 1.54) is 0 Å². The molecule has 1 aliphatic heterocycles. The van der Waals surface area contributed by atoms with Gasteiger partial charge < -0.3 is 10.1 Å². The van der Waals surface area contributed by atoms with Gasteiger partial charge in [-0.25, -0.2) is 8.42 Å². The average Bonchev–Trinajstić information content (AvgIpc) is 2.49. The highest BCUT2D eigenvalue weighted by Crippen LogP contribution is 2.23. The molecule has 1 heterocycles. The smallest absolute Gasteiger partial charge is 0.191 e. The largest absolute Gasteiger partial charge is 0.379 e. The number of sulfone groups is 1. The van der Waals surface area contributed by atoms with Gasteiger partial charge >= 0.3 is 0 Å². The van der Waals surface area contributed by atoms with Crippen molar-refractivity contribution in [2.45, 2.75) is 31.1 Å². The van der Waals surface area contributed by atoms with Crippen LogP contribution in [0, 0.1) is 11.3 Å². The van der Waals surface area contributed by atoms with Gasteiger partial charge in [-0.1, -0.05) is 32.9 Å². The monoisotopic (exact) mass is 324 g/mol. The molecular weight excluding hydrogens is 300 g/mol. The van der Waals surface area contributed by atoms with Crippen molar-refractivity contribution in [3.8, 4) is 6.07 Å². The summed E-state index contributed by atoms with van der Waals surface area (Å²) in [6, 6.07) is 8.38. The fourth-order valence-electron chi connectivity index (χ4n) is 1.85. The molecule has 1 aromatic rings. The van der Waals surface area contributed by atoms with Crippen LogP contribution in [0.15, 0.2) is 29.2 Å². The first-order valence-corrected chi connectivity index (χ1v) is 8.91. The van der Waals surface area contributed by atoms with Gasteiger partial charge in [-0.15, -0.1) is 0 Å². The SMILES string of the molecule is C1COCCN1.CC(C)(C)c1ccc(S(=O)(=O)CC#N)cc1. The zero-order chi connectivity index (χ0) is 16.6. The molecule has 0 atom stereocenters. The first kappa shape index (κ1) is 18.6. The highest BCUT2D eigenvalue weighted by molar-refractivity contribution is 7.91. The molecular formula is C16H24N2O3S. The summed E-state index contributed by atoms with van der Waals surface area (Å²) in [5, 5.41) is 11.6. The highest BCUT2D eigenvalue weighted by atomic mass is 32.2. The molecule has 1 fully saturated rings. The van der Waals surface area contributed by atoms with Crippen LogP contribution in [0.5, 0.6) is 0 Å². The van der Waals surface area contributed by atoms with Crippen molar-refractivity contribution in [2.75, 3.05) is 32.1 Å². The number of rotatable bonds is 2. The molecule has 1 aliphatic rings. The number of hydrogen-bond donors (Lipinski definition) is 1. The van der Waals surface area contributed by atoms with Crippen LogP contribution < -0.4 is 5.32 Å². The number of nitrogens with one attached hydrogen (secondary N) is 1. The maximum absolute atomic E-state index is 11.6. The molecule has 0 aliphatic carbocycles. The first-order valence-electron chi connectivity index (χ1n) is 7.26. The molecule has 0 radical (unpaired) electrons. The zero-order valence-electron chi connectivity index (χ0n) is 13.4. The van der Waals surface area contributed by atoms with E-state index in [1.807, 2.05) is 0 Å². The predicted octanol–water partition coefficient (Wildman–Crippen LogP) is 1.89. The summed E-state index contributed by atoms with van der Waals surface area (Å²) >= 11 is 0. The standard InChI is InChI=1S/C12H15NO2S.C4H9NO/c1-12(2,3)10-4-6-11(7-5-10)16(14,15)9-8-13;1-3-6-4-2-5-1/h4-7H,9H2,1-3H3;5H,1-4H2. The second-order valence-electron chi connectivity index (χ2n) is 6.05. The van der Waals surface area contributed by atoms with Crippen LogP contribution in [-0.4, -0.2) is 40.5 Å². The van der Waals surface area contributed by atoms with Gasteiger partial charge in [0.1, 0.15) is 5.75 Å². The Bertz CT molecular complexity index is 580. The molecule has 0 spiro atoms. The van der Waals surface area contributed by atoms with Gasteiger partial charge in [-0.3, -0.25) is 0 Å². The van der Waals surface area contributed by atoms with Crippen LogP contribution in [0.2, 0.25) is 0 Å². The van der Waals surface area contributed by atoms with E-state index in [0.717, 1.165) is 31.9 Å². The minimum atomic E-state index is -3.43. The lowest BCUT2D eigenvalue weighted by Crippen LogP contribution is -2.30. The van der Waals surface area contributed by atoms with Crippen molar-refractivity contribution in [1.29, 1.82) is 5.26 Å². The molecule has 0 aromatic heterocycles. The molecule has 0 unspecified atom stereocenters. The normalized spacial score (nSPS) is 15.4. The summed E-state index contributed by atoms with van der Waals surface area (Å²) in [6.45, 7) is 10.0. The fraction of sp³-hybridized carbons (Fsp3) is 0.562. The molecule has 0 saturated carbocycles. The van der Waals surface area contributed by atoms with Gasteiger partial charge in [0, 0.05) is 13.1 Å². The molecule has 6 heteroatoms. The fourth-order valence-corrected chi connectivity index (χ4v) is 2.73. The topological polar surface area (TPSA) is 79.2 Å². The Morgan fingerprint density at radius 2 is 1.73 bits per heavy atom. The van der Waals surface area contributed by atoms with Crippen LogP contribution >= 0.6 is 0 Å². The Kier molecular flexibility index (Phi) is 7.01. The lowest BCUT2D eigenvalue weighted by Gasteiger charge is -2.18. The summed E-state index contributed by atoms with van der Waals surface area (Å²) < 4.78 is 28.1. The molecule has 0 amide bonds. The van der Waals surface area contributed by atoms with Crippen LogP contribution in [-0.2, 0) is 20.0 Å². The number of nitrogens with zero attached hydrogens (tertiary/aromatic N) is 1. The Hall–Kier alpha value is -1.42. The van der Waals surface area contributed by atoms with Gasteiger partial charge in [0.25, 0.3) is 0 Å². The summed E-state index contributed by atoms with van der Waals surface area (Å²) in [6.07, 6.45) is 0. The van der Waals surface area contributed by atoms with E-state index >= 15 is 0 Å². The summed E-state index contributed by atoms with van der Waals surface area (Å²) in [4.78, 5) is 0.210. The lowest BCUT2D eigenvalue weighted by atomic mass is 9.87. The minimum Gasteiger partial charge on any atom is -0.379 e. The van der Waals surface area contributed by atoms with Crippen molar-refractivity contribution in [1.82, 2.24) is 5.32 Å². The molecule has 122 valence electrons. The van der Waals surface area contributed by atoms with E-state index in [-0.39, 0.29) is 10.3 Å². The van der Waals surface area contributed by atoms with Crippen LogP contribution in [0.3, 0.4) is 0 Å². The van der Waals surface area contributed by atoms with Crippen molar-refractivity contribution in [3.05, 3.63) is 29.8 Å². The Labute approximate surface area is 133 Å². The highest BCUT2D eigenvalue weighted by Gasteiger charge is 2.17. The Morgan fingerprint density at radius 1 is 1.18 bits per heavy atom. The molecule has 1 aromatic carbocycles. The summed E-state index contributed by atoms with van der Waals surface area (Å²) in [5.74, 6) is -0.470. The predicted molar refractivity (Wildman–Crippen MR) is 86.5 cm³/mol. The van der Waals surface area contributed by atoms with Gasteiger partial charge in [0.15, 0.2) is 9.84 Å². The maximum atomic E-state index is 11.6. The van der Waals surface area contributed by atoms with Gasteiger partial charge in [-0.05, 0) is 23.1 Å². The number of ether oxygens (including phenoxy) is 1. The first-order chi connectivity index (χ1) is 10.3. The molecule has 0 bridgehead atoms. The molecule has 22 heavy (non-hydrogen) atoms. The van der Waals surface area contributed by atoms with Crippen molar-refractivity contribution in [2.24, 2.45) is 0 Å². The van der Waals surface area contributed by atoms with Crippen LogP contribution in [0.25, 0.3) is 0 Å². The number of nitriles is 1. The lowest BCUT2D eigenvalue weighted by molar-refractivity contribution is 0.109. The summed E-state index contributed by atoms with van der Waals surface area (Å²) in [5.41, 5.74) is 1.07. The van der Waals surface area contributed by atoms with Crippen LogP contribution in [0.4, 0.5) is 0 Å². The number of benzene rings is 1. The van der Waals surface area contributed by atoms with Crippen molar-refractivity contribution < 1.29 is 13.2 Å². The average molecular weight is 324 g/mol. The van der Waals surface area contributed by atoms with E-state index in [9.17, 15) is 8.42 Å². The molecule has 5 nitrogen and oxygen atoms in total.